The lowest BCUT2D eigenvalue weighted by atomic mass is 10.2. The molecule has 0 saturated carbocycles. The second-order valence-electron chi connectivity index (χ2n) is 6.81. The average molecular weight is 428 g/mol. The van der Waals surface area contributed by atoms with E-state index in [1.54, 1.807) is 0 Å². The molecule has 4 rings (SSSR count). The van der Waals surface area contributed by atoms with E-state index in [1.165, 1.54) is 36.0 Å². The Balaban J connectivity index is 1.75. The van der Waals surface area contributed by atoms with E-state index < -0.39 is 41.2 Å². The quantitative estimate of drug-likeness (QED) is 0.523. The zero-order valence-corrected chi connectivity index (χ0v) is 16.1. The molecule has 1 amide bonds. The van der Waals surface area contributed by atoms with Gasteiger partial charge in [0.05, 0.1) is 16.8 Å². The fourth-order valence-corrected chi connectivity index (χ4v) is 3.33. The molecule has 10 heteroatoms. The maximum atomic E-state index is 13.8. The summed E-state index contributed by atoms with van der Waals surface area (Å²) in [6.07, 6.45) is 1.32. The topological polar surface area (TPSA) is 88.9 Å². The first-order valence-electron chi connectivity index (χ1n) is 9.09. The minimum atomic E-state index is -0.829. The number of nitrogens with one attached hydrogen (secondary N) is 2. The van der Waals surface area contributed by atoms with E-state index in [2.05, 4.69) is 10.3 Å². The summed E-state index contributed by atoms with van der Waals surface area (Å²) in [6.45, 7) is -0.426. The molecule has 0 aliphatic heterocycles. The molecule has 0 bridgehead atoms. The largest absolute Gasteiger partial charge is 0.348 e. The highest BCUT2D eigenvalue weighted by Gasteiger charge is 2.21. The van der Waals surface area contributed by atoms with Gasteiger partial charge < -0.3 is 14.9 Å². The molecule has 4 aromatic rings. The minimum absolute atomic E-state index is 0.0196. The summed E-state index contributed by atoms with van der Waals surface area (Å²) in [5.74, 6) is -2.89. The molecule has 0 aliphatic rings. The predicted octanol–water partition coefficient (Wildman–Crippen LogP) is 2.36. The van der Waals surface area contributed by atoms with Gasteiger partial charge in [0.25, 0.3) is 11.5 Å². The number of hydrogen-bond donors (Lipinski definition) is 2. The summed E-state index contributed by atoms with van der Waals surface area (Å²) in [6, 6.07) is 8.11. The number of carbonyl (C=O) groups is 1. The normalized spacial score (nSPS) is 11.1. The van der Waals surface area contributed by atoms with Crippen LogP contribution in [0.2, 0.25) is 0 Å². The Bertz CT molecular complexity index is 1420. The Morgan fingerprint density at radius 2 is 1.68 bits per heavy atom. The van der Waals surface area contributed by atoms with Crippen molar-refractivity contribution >= 4 is 16.9 Å². The van der Waals surface area contributed by atoms with E-state index in [1.807, 2.05) is 0 Å². The van der Waals surface area contributed by atoms with Crippen LogP contribution in [0, 0.1) is 17.5 Å². The third kappa shape index (κ3) is 3.52. The zero-order chi connectivity index (χ0) is 22.3. The number of fused-ring (bicyclic) bond motifs is 1. The second kappa shape index (κ2) is 7.63. The lowest BCUT2D eigenvalue weighted by Gasteiger charge is -2.07. The Morgan fingerprint density at radius 1 is 1.03 bits per heavy atom. The van der Waals surface area contributed by atoms with Crippen LogP contribution in [0.4, 0.5) is 13.2 Å². The molecule has 31 heavy (non-hydrogen) atoms. The van der Waals surface area contributed by atoms with E-state index in [0.717, 1.165) is 28.8 Å². The van der Waals surface area contributed by atoms with Crippen molar-refractivity contribution in [2.75, 3.05) is 0 Å². The maximum Gasteiger partial charge on any atom is 0.333 e. The van der Waals surface area contributed by atoms with Gasteiger partial charge in [-0.1, -0.05) is 6.07 Å². The Morgan fingerprint density at radius 3 is 2.32 bits per heavy atom. The van der Waals surface area contributed by atoms with Crippen molar-refractivity contribution < 1.29 is 18.0 Å². The van der Waals surface area contributed by atoms with Gasteiger partial charge in [0.2, 0.25) is 0 Å². The van der Waals surface area contributed by atoms with Crippen molar-refractivity contribution in [1.29, 1.82) is 0 Å². The molecular formula is C21H15F3N4O3. The van der Waals surface area contributed by atoms with Crippen LogP contribution < -0.4 is 16.6 Å². The number of aromatic nitrogens is 3. The van der Waals surface area contributed by atoms with Crippen molar-refractivity contribution in [3.05, 3.63) is 98.1 Å². The van der Waals surface area contributed by atoms with E-state index in [9.17, 15) is 27.6 Å². The summed E-state index contributed by atoms with van der Waals surface area (Å²) >= 11 is 0. The SMILES string of the molecule is Cn1cc(C(=O)NCc2c(F)cccc2F)c2[nH]c(=O)n(-c3ccc(F)cc3)c(=O)c21. The molecule has 2 aromatic heterocycles. The molecule has 0 spiro atoms. The van der Waals surface area contributed by atoms with Crippen LogP contribution in [0.1, 0.15) is 15.9 Å². The Labute approximate surface area is 172 Å². The van der Waals surface area contributed by atoms with E-state index in [-0.39, 0.29) is 27.8 Å². The van der Waals surface area contributed by atoms with Gasteiger partial charge in [-0.15, -0.1) is 0 Å². The van der Waals surface area contributed by atoms with Crippen molar-refractivity contribution in [2.45, 2.75) is 6.54 Å². The Hall–Kier alpha value is -4.08. The van der Waals surface area contributed by atoms with Crippen molar-refractivity contribution in [3.8, 4) is 5.69 Å². The van der Waals surface area contributed by atoms with Crippen LogP contribution in [0.25, 0.3) is 16.7 Å². The van der Waals surface area contributed by atoms with Gasteiger partial charge in [-0.05, 0) is 36.4 Å². The molecule has 2 N–H and O–H groups in total. The lowest BCUT2D eigenvalue weighted by Crippen LogP contribution is -2.34. The van der Waals surface area contributed by atoms with Crippen LogP contribution in [0.5, 0.6) is 0 Å². The monoisotopic (exact) mass is 428 g/mol. The zero-order valence-electron chi connectivity index (χ0n) is 16.1. The van der Waals surface area contributed by atoms with E-state index in [4.69, 9.17) is 0 Å². The fourth-order valence-electron chi connectivity index (χ4n) is 3.33. The molecule has 0 radical (unpaired) electrons. The van der Waals surface area contributed by atoms with Gasteiger partial charge >= 0.3 is 5.69 Å². The number of aromatic amines is 1. The highest BCUT2D eigenvalue weighted by Crippen LogP contribution is 2.16. The molecule has 158 valence electrons. The summed E-state index contributed by atoms with van der Waals surface area (Å²) in [5.41, 5.74) is -1.76. The molecule has 0 atom stereocenters. The smallest absolute Gasteiger partial charge is 0.333 e. The van der Waals surface area contributed by atoms with Crippen LogP contribution in [0.3, 0.4) is 0 Å². The molecule has 2 heterocycles. The van der Waals surface area contributed by atoms with Crippen molar-refractivity contribution in [1.82, 2.24) is 19.4 Å². The van der Waals surface area contributed by atoms with Crippen LogP contribution >= 0.6 is 0 Å². The fraction of sp³-hybridized carbons (Fsp3) is 0.0952. The maximum absolute atomic E-state index is 13.8. The number of carbonyl (C=O) groups excluding carboxylic acids is 1. The molecule has 0 aliphatic carbocycles. The first kappa shape index (κ1) is 20.2. The highest BCUT2D eigenvalue weighted by molar-refractivity contribution is 6.05. The number of amides is 1. The predicted molar refractivity (Wildman–Crippen MR) is 107 cm³/mol. The van der Waals surface area contributed by atoms with Crippen molar-refractivity contribution in [2.24, 2.45) is 7.05 Å². The van der Waals surface area contributed by atoms with Gasteiger partial charge in [-0.2, -0.15) is 0 Å². The van der Waals surface area contributed by atoms with Crippen LogP contribution in [-0.2, 0) is 13.6 Å². The lowest BCUT2D eigenvalue weighted by molar-refractivity contribution is 0.0951. The van der Waals surface area contributed by atoms with Crippen LogP contribution in [0.15, 0.2) is 58.3 Å². The minimum Gasteiger partial charge on any atom is -0.348 e. The Kier molecular flexibility index (Phi) is 4.97. The molecule has 0 fully saturated rings. The number of aryl methyl sites for hydroxylation is 1. The number of nitrogens with zero attached hydrogens (tertiary/aromatic N) is 2. The second-order valence-corrected chi connectivity index (χ2v) is 6.81. The highest BCUT2D eigenvalue weighted by atomic mass is 19.1. The third-order valence-corrected chi connectivity index (χ3v) is 4.84. The summed E-state index contributed by atoms with van der Waals surface area (Å²) < 4.78 is 42.9. The molecule has 0 unspecified atom stereocenters. The number of halogens is 3. The molecular weight excluding hydrogens is 413 g/mol. The van der Waals surface area contributed by atoms with Gasteiger partial charge in [0, 0.05) is 25.4 Å². The summed E-state index contributed by atoms with van der Waals surface area (Å²) in [7, 11) is 1.50. The van der Waals surface area contributed by atoms with Gasteiger partial charge in [0.15, 0.2) is 0 Å². The van der Waals surface area contributed by atoms with Crippen molar-refractivity contribution in [3.63, 3.8) is 0 Å². The van der Waals surface area contributed by atoms with Gasteiger partial charge in [0.1, 0.15) is 23.0 Å². The average Bonchev–Trinajstić information content (AvgIpc) is 3.05. The van der Waals surface area contributed by atoms with Gasteiger partial charge in [-0.25, -0.2) is 22.5 Å². The van der Waals surface area contributed by atoms with E-state index >= 15 is 0 Å². The van der Waals surface area contributed by atoms with Gasteiger partial charge in [-0.3, -0.25) is 9.59 Å². The molecule has 7 nitrogen and oxygen atoms in total. The first-order valence-corrected chi connectivity index (χ1v) is 9.09. The molecule has 0 saturated heterocycles. The number of hydrogen-bond acceptors (Lipinski definition) is 3. The number of H-pyrrole nitrogens is 1. The van der Waals surface area contributed by atoms with E-state index in [0.29, 0.717) is 0 Å². The first-order chi connectivity index (χ1) is 14.8. The number of rotatable bonds is 4. The standard InChI is InChI=1S/C21H15F3N4O3/c1-27-10-14(19(29)25-9-13-15(23)3-2-4-16(13)24)17-18(27)20(30)28(21(31)26-17)12-7-5-11(22)6-8-12/h2-8,10H,9H2,1H3,(H,25,29)(H,26,31). The number of benzene rings is 2. The summed E-state index contributed by atoms with van der Waals surface area (Å²) in [5, 5.41) is 2.39. The van der Waals surface area contributed by atoms with Crippen LogP contribution in [-0.4, -0.2) is 20.0 Å². The molecule has 2 aromatic carbocycles. The third-order valence-electron chi connectivity index (χ3n) is 4.84. The summed E-state index contributed by atoms with van der Waals surface area (Å²) in [4.78, 5) is 40.7.